The average molecular weight is 521 g/mol. The highest BCUT2D eigenvalue weighted by Crippen LogP contribution is 2.38. The monoisotopic (exact) mass is 520 g/mol. The fourth-order valence-corrected chi connectivity index (χ4v) is 6.04. The molecule has 2 N–H and O–H groups in total. The molecule has 6 rings (SSSR count). The van der Waals surface area contributed by atoms with Crippen molar-refractivity contribution < 1.29 is 9.53 Å². The molecule has 2 aliphatic rings. The smallest absolute Gasteiger partial charge is 0.254 e. The number of ether oxygens (including phenoxy) is 1. The lowest BCUT2D eigenvalue weighted by Gasteiger charge is -2.23. The van der Waals surface area contributed by atoms with E-state index in [1.165, 1.54) is 12.8 Å². The van der Waals surface area contributed by atoms with Gasteiger partial charge in [0, 0.05) is 43.2 Å². The third kappa shape index (κ3) is 3.97. The summed E-state index contributed by atoms with van der Waals surface area (Å²) in [5.74, 6) is 2.38. The van der Waals surface area contributed by atoms with Gasteiger partial charge >= 0.3 is 0 Å². The van der Waals surface area contributed by atoms with Crippen LogP contribution in [-0.2, 0) is 13.6 Å². The number of nitrogens with zero attached hydrogens (tertiary/aromatic N) is 5. The van der Waals surface area contributed by atoms with Crippen LogP contribution in [0.15, 0.2) is 30.5 Å². The van der Waals surface area contributed by atoms with Crippen molar-refractivity contribution in [2.45, 2.75) is 51.7 Å². The molecule has 0 spiro atoms. The van der Waals surface area contributed by atoms with E-state index in [2.05, 4.69) is 27.1 Å². The number of carbonyl (C=O) groups is 1. The molecule has 3 aromatic heterocycles. The predicted molar refractivity (Wildman–Crippen MR) is 146 cm³/mol. The van der Waals surface area contributed by atoms with E-state index in [0.717, 1.165) is 46.4 Å². The first-order valence-electron chi connectivity index (χ1n) is 13.1. The number of halogens is 1. The van der Waals surface area contributed by atoms with E-state index < -0.39 is 0 Å². The summed E-state index contributed by atoms with van der Waals surface area (Å²) in [7, 11) is 3.63. The van der Waals surface area contributed by atoms with Gasteiger partial charge in [0.2, 0.25) is 0 Å². The van der Waals surface area contributed by atoms with Gasteiger partial charge < -0.3 is 24.5 Å². The Bertz CT molecular complexity index is 1520. The lowest BCUT2D eigenvalue weighted by molar-refractivity contribution is 0.0739. The standard InChI is InChI=1S/C28H33ClN6O2/c1-5-17-14-34(15(2)25(17)30)28(36)19-8-20-26(23(10-19)37-4)33(3)27(32-20)21-9-18-11-24(29)31-12-22(18)35(21)13-16-6-7-16/h8-12,15-17,25H,5-7,13-14,30H2,1-4H3/t15-,17-,25+/m1/s1. The molecule has 9 heteroatoms. The molecule has 2 fully saturated rings. The maximum absolute atomic E-state index is 13.6. The van der Waals surface area contributed by atoms with Gasteiger partial charge in [0.1, 0.15) is 16.4 Å². The van der Waals surface area contributed by atoms with Crippen LogP contribution in [0.5, 0.6) is 5.75 Å². The summed E-state index contributed by atoms with van der Waals surface area (Å²) < 4.78 is 10.1. The summed E-state index contributed by atoms with van der Waals surface area (Å²) in [6, 6.07) is 7.71. The molecule has 4 heterocycles. The van der Waals surface area contributed by atoms with Crippen LogP contribution in [0.1, 0.15) is 43.5 Å². The van der Waals surface area contributed by atoms with Gasteiger partial charge in [-0.15, -0.1) is 0 Å². The number of carbonyl (C=O) groups excluding carboxylic acids is 1. The summed E-state index contributed by atoms with van der Waals surface area (Å²) in [4.78, 5) is 24.9. The van der Waals surface area contributed by atoms with Gasteiger partial charge in [-0.25, -0.2) is 9.97 Å². The second-order valence-corrected chi connectivity index (χ2v) is 11.0. The first kappa shape index (κ1) is 24.2. The van der Waals surface area contributed by atoms with Gasteiger partial charge in [-0.3, -0.25) is 4.79 Å². The number of fused-ring (bicyclic) bond motifs is 2. The van der Waals surface area contributed by atoms with E-state index in [0.29, 0.717) is 34.8 Å². The quantitative estimate of drug-likeness (QED) is 0.367. The zero-order valence-corrected chi connectivity index (χ0v) is 22.5. The third-order valence-corrected chi connectivity index (χ3v) is 8.54. The number of hydrogen-bond acceptors (Lipinski definition) is 5. The summed E-state index contributed by atoms with van der Waals surface area (Å²) in [5, 5.41) is 1.51. The Morgan fingerprint density at radius 1 is 1.24 bits per heavy atom. The Balaban J connectivity index is 1.47. The Morgan fingerprint density at radius 3 is 2.70 bits per heavy atom. The molecule has 194 valence electrons. The fourth-order valence-electron chi connectivity index (χ4n) is 5.87. The van der Waals surface area contributed by atoms with E-state index in [1.54, 1.807) is 7.11 Å². The highest BCUT2D eigenvalue weighted by molar-refractivity contribution is 6.30. The Morgan fingerprint density at radius 2 is 2.03 bits per heavy atom. The minimum atomic E-state index is -0.0325. The molecule has 1 aromatic carbocycles. The van der Waals surface area contributed by atoms with E-state index in [9.17, 15) is 4.79 Å². The van der Waals surface area contributed by atoms with Crippen molar-refractivity contribution in [3.8, 4) is 17.3 Å². The van der Waals surface area contributed by atoms with E-state index in [-0.39, 0.29) is 18.0 Å². The number of aromatic nitrogens is 4. The minimum Gasteiger partial charge on any atom is -0.494 e. The lowest BCUT2D eigenvalue weighted by Crippen LogP contribution is -2.41. The van der Waals surface area contributed by atoms with Crippen molar-refractivity contribution in [1.29, 1.82) is 0 Å². The van der Waals surface area contributed by atoms with Crippen LogP contribution < -0.4 is 10.5 Å². The van der Waals surface area contributed by atoms with Crippen LogP contribution in [0.25, 0.3) is 33.5 Å². The van der Waals surface area contributed by atoms with Crippen molar-refractivity contribution in [3.05, 3.63) is 41.2 Å². The second kappa shape index (κ2) is 9.03. The van der Waals surface area contributed by atoms with Crippen LogP contribution in [0.2, 0.25) is 5.15 Å². The molecule has 3 atom stereocenters. The molecule has 1 amide bonds. The van der Waals surface area contributed by atoms with E-state index in [4.69, 9.17) is 27.1 Å². The molecule has 4 aromatic rings. The molecule has 0 unspecified atom stereocenters. The Labute approximate surface area is 221 Å². The number of imidazole rings is 1. The minimum absolute atomic E-state index is 0.0163. The normalized spacial score (nSPS) is 21.9. The number of aryl methyl sites for hydroxylation is 1. The van der Waals surface area contributed by atoms with Crippen molar-refractivity contribution in [2.75, 3.05) is 13.7 Å². The van der Waals surface area contributed by atoms with Crippen molar-refractivity contribution in [1.82, 2.24) is 24.0 Å². The second-order valence-electron chi connectivity index (χ2n) is 10.6. The van der Waals surface area contributed by atoms with E-state index in [1.807, 2.05) is 43.3 Å². The molecule has 0 radical (unpaired) electrons. The molecule has 8 nitrogen and oxygen atoms in total. The Kier molecular flexibility index (Phi) is 5.92. The molecule has 1 saturated carbocycles. The number of amides is 1. The third-order valence-electron chi connectivity index (χ3n) is 8.33. The van der Waals surface area contributed by atoms with Crippen LogP contribution >= 0.6 is 11.6 Å². The zero-order chi connectivity index (χ0) is 26.0. The molecule has 0 bridgehead atoms. The summed E-state index contributed by atoms with van der Waals surface area (Å²) in [5.41, 5.74) is 10.6. The largest absolute Gasteiger partial charge is 0.494 e. The number of benzene rings is 1. The first-order valence-corrected chi connectivity index (χ1v) is 13.4. The van der Waals surface area contributed by atoms with Crippen molar-refractivity contribution in [2.24, 2.45) is 24.6 Å². The highest BCUT2D eigenvalue weighted by atomic mass is 35.5. The van der Waals surface area contributed by atoms with Crippen molar-refractivity contribution >= 4 is 39.4 Å². The summed E-state index contributed by atoms with van der Waals surface area (Å²) >= 11 is 6.22. The van der Waals surface area contributed by atoms with Crippen LogP contribution in [0.4, 0.5) is 0 Å². The SMILES string of the molecule is CC[C@@H]1CN(C(=O)c2cc(OC)c3c(c2)nc(-c2cc4cc(Cl)ncc4n2CC2CC2)n3C)[C@H](C)[C@@H]1N. The zero-order valence-electron chi connectivity index (χ0n) is 21.7. The summed E-state index contributed by atoms with van der Waals surface area (Å²) in [6.45, 7) is 5.75. The topological polar surface area (TPSA) is 91.2 Å². The summed E-state index contributed by atoms with van der Waals surface area (Å²) in [6.07, 6.45) is 5.27. The number of pyridine rings is 1. The highest BCUT2D eigenvalue weighted by Gasteiger charge is 2.39. The fraction of sp³-hybridized carbons (Fsp3) is 0.464. The molecule has 1 aliphatic heterocycles. The van der Waals surface area contributed by atoms with Gasteiger partial charge in [-0.2, -0.15) is 0 Å². The van der Waals surface area contributed by atoms with Gasteiger partial charge in [-0.1, -0.05) is 24.9 Å². The number of nitrogens with two attached hydrogens (primary N) is 1. The molecule has 1 aliphatic carbocycles. The van der Waals surface area contributed by atoms with Gasteiger partial charge in [-0.05, 0) is 55.9 Å². The first-order chi connectivity index (χ1) is 17.8. The molecule has 37 heavy (non-hydrogen) atoms. The number of likely N-dealkylation sites (tertiary alicyclic amines) is 1. The van der Waals surface area contributed by atoms with Gasteiger partial charge in [0.05, 0.1) is 30.0 Å². The van der Waals surface area contributed by atoms with Gasteiger partial charge in [0.25, 0.3) is 5.91 Å². The average Bonchev–Trinajstić information content (AvgIpc) is 3.48. The molecule has 1 saturated heterocycles. The number of rotatable bonds is 6. The maximum Gasteiger partial charge on any atom is 0.254 e. The number of methoxy groups -OCH3 is 1. The van der Waals surface area contributed by atoms with Crippen LogP contribution in [0, 0.1) is 11.8 Å². The van der Waals surface area contributed by atoms with Crippen LogP contribution in [0.3, 0.4) is 0 Å². The van der Waals surface area contributed by atoms with E-state index >= 15 is 0 Å². The molecular weight excluding hydrogens is 488 g/mol. The van der Waals surface area contributed by atoms with Gasteiger partial charge in [0.15, 0.2) is 5.82 Å². The van der Waals surface area contributed by atoms with Crippen LogP contribution in [-0.4, -0.2) is 55.6 Å². The molecular formula is C28H33ClN6O2. The Hall–Kier alpha value is -3.10. The predicted octanol–water partition coefficient (Wildman–Crippen LogP) is 4.86. The number of hydrogen-bond donors (Lipinski definition) is 1. The lowest BCUT2D eigenvalue weighted by atomic mass is 9.98. The maximum atomic E-state index is 13.6. The van der Waals surface area contributed by atoms with Crippen molar-refractivity contribution in [3.63, 3.8) is 0 Å².